The Morgan fingerprint density at radius 1 is 1.30 bits per heavy atom. The molecule has 0 amide bonds. The molecule has 0 unspecified atom stereocenters. The Balaban J connectivity index is 0.000000810. The maximum absolute atomic E-state index is 4.28. The molecule has 0 radical (unpaired) electrons. The number of aryl methyl sites for hydroxylation is 1. The van der Waals surface area contributed by atoms with Crippen LogP contribution in [0.25, 0.3) is 0 Å². The van der Waals surface area contributed by atoms with Gasteiger partial charge in [-0.25, -0.2) is 0 Å². The van der Waals surface area contributed by atoms with Crippen molar-refractivity contribution in [1.82, 2.24) is 0 Å². The summed E-state index contributed by atoms with van der Waals surface area (Å²) < 4.78 is 0. The van der Waals surface area contributed by atoms with Crippen molar-refractivity contribution in [2.24, 2.45) is 0 Å². The molecule has 10 heavy (non-hydrogen) atoms. The molecule has 0 heterocycles. The number of hydrogen-bond acceptors (Lipinski definition) is 1. The Hall–Kier alpha value is 0.570. The molecule has 0 nitrogen and oxygen atoms in total. The quantitative estimate of drug-likeness (QED) is 0.473. The van der Waals surface area contributed by atoms with E-state index in [4.69, 9.17) is 0 Å². The second-order valence-corrected chi connectivity index (χ2v) is 2.46. The summed E-state index contributed by atoms with van der Waals surface area (Å²) in [4.78, 5) is 1.10. The van der Waals surface area contributed by atoms with Crippen molar-refractivity contribution in [2.45, 2.75) is 18.2 Å². The number of benzene rings is 1. The van der Waals surface area contributed by atoms with Gasteiger partial charge in [-0.1, -0.05) is 25.1 Å². The van der Waals surface area contributed by atoms with Gasteiger partial charge in [0, 0.05) is 4.90 Å². The van der Waals surface area contributed by atoms with Gasteiger partial charge in [0.1, 0.15) is 0 Å². The Kier molecular flexibility index (Phi) is 5.55. The standard InChI is InChI=1S/C8H10S.Na.H/c1-2-7-5-3-4-6-8(7)9;;/h3-6,9H,2H2,1H3;;. The van der Waals surface area contributed by atoms with Crippen LogP contribution in [0.15, 0.2) is 29.2 Å². The fourth-order valence-electron chi connectivity index (χ4n) is 0.810. The molecule has 1 aromatic carbocycles. The van der Waals surface area contributed by atoms with Crippen LogP contribution in [-0.2, 0) is 6.42 Å². The van der Waals surface area contributed by atoms with Gasteiger partial charge in [0.15, 0.2) is 0 Å². The van der Waals surface area contributed by atoms with Crippen LogP contribution in [0.5, 0.6) is 0 Å². The summed E-state index contributed by atoms with van der Waals surface area (Å²) in [5.41, 5.74) is 1.32. The monoisotopic (exact) mass is 162 g/mol. The zero-order valence-corrected chi connectivity index (χ0v) is 6.36. The van der Waals surface area contributed by atoms with E-state index in [2.05, 4.69) is 25.6 Å². The molecule has 0 saturated heterocycles. The Morgan fingerprint density at radius 2 is 1.90 bits per heavy atom. The number of hydrogen-bond donors (Lipinski definition) is 1. The summed E-state index contributed by atoms with van der Waals surface area (Å²) in [6.45, 7) is 2.13. The molecule has 0 aliphatic carbocycles. The van der Waals surface area contributed by atoms with E-state index < -0.39 is 0 Å². The van der Waals surface area contributed by atoms with E-state index in [0.29, 0.717) is 0 Å². The van der Waals surface area contributed by atoms with Crippen LogP contribution in [-0.4, -0.2) is 29.6 Å². The van der Waals surface area contributed by atoms with E-state index in [1.54, 1.807) is 0 Å². The first-order valence-corrected chi connectivity index (χ1v) is 3.56. The molecule has 0 fully saturated rings. The summed E-state index contributed by atoms with van der Waals surface area (Å²) in [6.07, 6.45) is 1.07. The average Bonchev–Trinajstić information content (AvgIpc) is 1.89. The number of rotatable bonds is 1. The van der Waals surface area contributed by atoms with Gasteiger partial charge in [0.2, 0.25) is 0 Å². The zero-order valence-electron chi connectivity index (χ0n) is 5.46. The van der Waals surface area contributed by atoms with Crippen LogP contribution in [0, 0.1) is 0 Å². The van der Waals surface area contributed by atoms with Crippen molar-refractivity contribution >= 4 is 42.2 Å². The normalized spacial score (nSPS) is 8.60. The summed E-state index contributed by atoms with van der Waals surface area (Å²) >= 11 is 4.28. The summed E-state index contributed by atoms with van der Waals surface area (Å²) in [5.74, 6) is 0. The molecule has 1 rings (SSSR count). The van der Waals surface area contributed by atoms with Crippen LogP contribution in [0.2, 0.25) is 0 Å². The minimum atomic E-state index is 0. The average molecular weight is 162 g/mol. The van der Waals surface area contributed by atoms with Crippen molar-refractivity contribution in [1.29, 1.82) is 0 Å². The minimum absolute atomic E-state index is 0. The summed E-state index contributed by atoms with van der Waals surface area (Å²) in [6, 6.07) is 8.16. The van der Waals surface area contributed by atoms with E-state index in [1.807, 2.05) is 18.2 Å². The second kappa shape index (κ2) is 5.25. The molecule has 0 atom stereocenters. The summed E-state index contributed by atoms with van der Waals surface area (Å²) in [7, 11) is 0. The van der Waals surface area contributed by atoms with E-state index in [1.165, 1.54) is 5.56 Å². The van der Waals surface area contributed by atoms with Gasteiger partial charge in [0.05, 0.1) is 0 Å². The van der Waals surface area contributed by atoms with Gasteiger partial charge >= 0.3 is 29.6 Å². The van der Waals surface area contributed by atoms with Crippen LogP contribution in [0.3, 0.4) is 0 Å². The van der Waals surface area contributed by atoms with Crippen molar-refractivity contribution in [2.75, 3.05) is 0 Å². The fraction of sp³-hybridized carbons (Fsp3) is 0.250. The maximum atomic E-state index is 4.28. The molecule has 0 aromatic heterocycles. The van der Waals surface area contributed by atoms with Crippen molar-refractivity contribution in [3.05, 3.63) is 29.8 Å². The Morgan fingerprint density at radius 3 is 2.30 bits per heavy atom. The Bertz CT molecular complexity index is 198. The van der Waals surface area contributed by atoms with Crippen LogP contribution in [0.1, 0.15) is 12.5 Å². The van der Waals surface area contributed by atoms with E-state index in [9.17, 15) is 0 Å². The van der Waals surface area contributed by atoms with Gasteiger partial charge in [-0.2, -0.15) is 0 Å². The van der Waals surface area contributed by atoms with Gasteiger partial charge < -0.3 is 0 Å². The van der Waals surface area contributed by atoms with Gasteiger partial charge in [-0.3, -0.25) is 0 Å². The molecular formula is C8H11NaS. The van der Waals surface area contributed by atoms with Crippen molar-refractivity contribution in [3.8, 4) is 0 Å². The molecule has 50 valence electrons. The van der Waals surface area contributed by atoms with E-state index >= 15 is 0 Å². The third-order valence-corrected chi connectivity index (χ3v) is 1.81. The molecule has 1 aromatic rings. The molecule has 0 spiro atoms. The molecule has 2 heteroatoms. The molecule has 0 N–H and O–H groups in total. The van der Waals surface area contributed by atoms with Crippen molar-refractivity contribution < 1.29 is 0 Å². The first-order chi connectivity index (χ1) is 4.34. The molecule has 0 bridgehead atoms. The van der Waals surface area contributed by atoms with Crippen LogP contribution in [0.4, 0.5) is 0 Å². The third-order valence-electron chi connectivity index (χ3n) is 1.37. The Labute approximate surface area is 89.7 Å². The first-order valence-electron chi connectivity index (χ1n) is 3.11. The zero-order chi connectivity index (χ0) is 6.69. The third kappa shape index (κ3) is 2.67. The number of thiol groups is 1. The SMILES string of the molecule is CCc1ccccc1S.[NaH]. The second-order valence-electron chi connectivity index (χ2n) is 1.98. The van der Waals surface area contributed by atoms with Crippen LogP contribution >= 0.6 is 12.6 Å². The van der Waals surface area contributed by atoms with Crippen LogP contribution < -0.4 is 0 Å². The fourth-order valence-corrected chi connectivity index (χ4v) is 1.13. The predicted molar refractivity (Wildman–Crippen MR) is 50.2 cm³/mol. The van der Waals surface area contributed by atoms with Gasteiger partial charge in [0.25, 0.3) is 0 Å². The molecule has 0 aliphatic rings. The topological polar surface area (TPSA) is 0 Å². The van der Waals surface area contributed by atoms with E-state index in [-0.39, 0.29) is 29.6 Å². The molecule has 0 aliphatic heterocycles. The van der Waals surface area contributed by atoms with E-state index in [0.717, 1.165) is 11.3 Å². The molecule has 0 saturated carbocycles. The van der Waals surface area contributed by atoms with Crippen molar-refractivity contribution in [3.63, 3.8) is 0 Å². The molecular weight excluding hydrogens is 151 g/mol. The summed E-state index contributed by atoms with van der Waals surface area (Å²) in [5, 5.41) is 0. The first kappa shape index (κ1) is 10.6. The van der Waals surface area contributed by atoms with Gasteiger partial charge in [-0.05, 0) is 18.1 Å². The predicted octanol–water partition coefficient (Wildman–Crippen LogP) is 1.89. The van der Waals surface area contributed by atoms with Gasteiger partial charge in [-0.15, -0.1) is 12.6 Å².